The van der Waals surface area contributed by atoms with Crippen molar-refractivity contribution in [3.05, 3.63) is 67.3 Å². The minimum atomic E-state index is 0.623. The van der Waals surface area contributed by atoms with Gasteiger partial charge in [-0.2, -0.15) is 0 Å². The lowest BCUT2D eigenvalue weighted by Gasteiger charge is -2.01. The molecule has 0 N–H and O–H groups in total. The van der Waals surface area contributed by atoms with Crippen molar-refractivity contribution < 1.29 is 0 Å². The Hall–Kier alpha value is -3.74. The average Bonchev–Trinajstić information content (AvgIpc) is 3.17. The van der Waals surface area contributed by atoms with E-state index in [2.05, 4.69) is 30.2 Å². The predicted octanol–water partition coefficient (Wildman–Crippen LogP) is 2.82. The Morgan fingerprint density at radius 2 is 1.56 bits per heavy atom. The summed E-state index contributed by atoms with van der Waals surface area (Å²) in [7, 11) is 0. The van der Waals surface area contributed by atoms with E-state index in [-0.39, 0.29) is 0 Å². The van der Waals surface area contributed by atoms with E-state index in [1.807, 2.05) is 48.7 Å². The number of aromatic nitrogens is 7. The number of fused-ring (bicyclic) bond motifs is 2. The number of benzene rings is 2. The molecule has 118 valence electrons. The Morgan fingerprint density at radius 3 is 2.48 bits per heavy atom. The number of hydrogen-bond donors (Lipinski definition) is 0. The molecule has 0 unspecified atom stereocenters. The molecule has 5 aromatic rings. The van der Waals surface area contributed by atoms with E-state index in [1.54, 1.807) is 23.3 Å². The van der Waals surface area contributed by atoms with Gasteiger partial charge in [-0.3, -0.25) is 15.0 Å². The van der Waals surface area contributed by atoms with Crippen LogP contribution < -0.4 is 0 Å². The molecule has 3 aromatic heterocycles. The molecule has 0 aliphatic rings. The molecule has 0 spiro atoms. The summed E-state index contributed by atoms with van der Waals surface area (Å²) in [5.74, 6) is 0.623. The van der Waals surface area contributed by atoms with Crippen molar-refractivity contribution in [3.63, 3.8) is 0 Å². The third kappa shape index (κ3) is 2.38. The lowest BCUT2D eigenvalue weighted by Crippen LogP contribution is -1.99. The molecule has 2 aromatic carbocycles. The number of rotatable bonds is 2. The van der Waals surface area contributed by atoms with Crippen LogP contribution in [0.3, 0.4) is 0 Å². The normalized spacial score (nSPS) is 11.2. The van der Waals surface area contributed by atoms with Crippen LogP contribution >= 0.6 is 0 Å². The molecule has 7 nitrogen and oxygen atoms in total. The Balaban J connectivity index is 1.57. The van der Waals surface area contributed by atoms with Gasteiger partial charge in [-0.05, 0) is 24.3 Å². The lowest BCUT2D eigenvalue weighted by molar-refractivity contribution is 0.781. The van der Waals surface area contributed by atoms with Crippen LogP contribution in [-0.4, -0.2) is 34.9 Å². The third-order valence-corrected chi connectivity index (χ3v) is 3.93. The van der Waals surface area contributed by atoms with Crippen molar-refractivity contribution in [2.45, 2.75) is 0 Å². The van der Waals surface area contributed by atoms with E-state index >= 15 is 0 Å². The molecule has 0 radical (unpaired) electrons. The van der Waals surface area contributed by atoms with Crippen molar-refractivity contribution in [3.8, 4) is 17.1 Å². The van der Waals surface area contributed by atoms with Gasteiger partial charge in [0.25, 0.3) is 0 Å². The SMILES string of the molecule is c1ccc2nc(-n3cc(-c4ccc5nccnc5c4)nn3)cnc2c1. The first kappa shape index (κ1) is 13.7. The first-order valence-electron chi connectivity index (χ1n) is 7.72. The van der Waals surface area contributed by atoms with Crippen LogP contribution in [0.15, 0.2) is 67.3 Å². The summed E-state index contributed by atoms with van der Waals surface area (Å²) in [6.45, 7) is 0. The molecule has 7 heteroatoms. The Kier molecular flexibility index (Phi) is 2.96. The molecule has 0 atom stereocenters. The van der Waals surface area contributed by atoms with E-state index in [9.17, 15) is 0 Å². The minimum Gasteiger partial charge on any atom is -0.253 e. The maximum atomic E-state index is 4.58. The third-order valence-electron chi connectivity index (χ3n) is 3.93. The van der Waals surface area contributed by atoms with Crippen molar-refractivity contribution in [1.29, 1.82) is 0 Å². The van der Waals surface area contributed by atoms with Gasteiger partial charge in [-0.15, -0.1) is 5.10 Å². The molecule has 0 saturated carbocycles. The highest BCUT2D eigenvalue weighted by Gasteiger charge is 2.08. The van der Waals surface area contributed by atoms with Crippen molar-refractivity contribution in [1.82, 2.24) is 34.9 Å². The Morgan fingerprint density at radius 1 is 0.760 bits per heavy atom. The van der Waals surface area contributed by atoms with E-state index in [1.165, 1.54) is 0 Å². The molecule has 0 bridgehead atoms. The van der Waals surface area contributed by atoms with Gasteiger partial charge < -0.3 is 0 Å². The summed E-state index contributed by atoms with van der Waals surface area (Å²) in [6, 6.07) is 13.5. The zero-order valence-electron chi connectivity index (χ0n) is 13.0. The topological polar surface area (TPSA) is 82.3 Å². The smallest absolute Gasteiger partial charge is 0.174 e. The number of nitrogens with zero attached hydrogens (tertiary/aromatic N) is 7. The molecule has 5 rings (SSSR count). The zero-order chi connectivity index (χ0) is 16.6. The second-order valence-corrected chi connectivity index (χ2v) is 5.53. The standard InChI is InChI=1S/C18H11N7/c1-2-4-15-13(3-1)21-10-18(22-15)25-11-17(23-24-25)12-5-6-14-16(9-12)20-8-7-19-14/h1-11H. The summed E-state index contributed by atoms with van der Waals surface area (Å²) in [4.78, 5) is 17.6. The fourth-order valence-corrected chi connectivity index (χ4v) is 2.69. The van der Waals surface area contributed by atoms with Gasteiger partial charge >= 0.3 is 0 Å². The maximum absolute atomic E-state index is 4.58. The highest BCUT2D eigenvalue weighted by atomic mass is 15.4. The summed E-state index contributed by atoms with van der Waals surface area (Å²) in [5.41, 5.74) is 4.99. The van der Waals surface area contributed by atoms with Crippen molar-refractivity contribution in [2.24, 2.45) is 0 Å². The summed E-state index contributed by atoms with van der Waals surface area (Å²) < 4.78 is 1.62. The molecule has 0 saturated heterocycles. The highest BCUT2D eigenvalue weighted by molar-refractivity contribution is 5.80. The maximum Gasteiger partial charge on any atom is 0.174 e. The largest absolute Gasteiger partial charge is 0.253 e. The van der Waals surface area contributed by atoms with E-state index < -0.39 is 0 Å². The van der Waals surface area contributed by atoms with Crippen LogP contribution in [0.1, 0.15) is 0 Å². The van der Waals surface area contributed by atoms with Crippen LogP contribution in [0.4, 0.5) is 0 Å². The van der Waals surface area contributed by atoms with Gasteiger partial charge in [-0.1, -0.05) is 23.4 Å². The monoisotopic (exact) mass is 325 g/mol. The van der Waals surface area contributed by atoms with Crippen LogP contribution in [0, 0.1) is 0 Å². The Labute approximate surface area is 142 Å². The molecular weight excluding hydrogens is 314 g/mol. The summed E-state index contributed by atoms with van der Waals surface area (Å²) in [6.07, 6.45) is 6.87. The van der Waals surface area contributed by atoms with Gasteiger partial charge in [0.05, 0.1) is 34.5 Å². The molecule has 0 aliphatic carbocycles. The average molecular weight is 325 g/mol. The van der Waals surface area contributed by atoms with Crippen LogP contribution in [0.5, 0.6) is 0 Å². The highest BCUT2D eigenvalue weighted by Crippen LogP contribution is 2.21. The number of para-hydroxylation sites is 2. The molecule has 0 fully saturated rings. The van der Waals surface area contributed by atoms with Crippen molar-refractivity contribution in [2.75, 3.05) is 0 Å². The molecule has 3 heterocycles. The van der Waals surface area contributed by atoms with E-state index in [0.717, 1.165) is 33.3 Å². The zero-order valence-corrected chi connectivity index (χ0v) is 13.0. The molecule has 0 amide bonds. The van der Waals surface area contributed by atoms with Crippen LogP contribution in [0.25, 0.3) is 39.1 Å². The van der Waals surface area contributed by atoms with Gasteiger partial charge in [-0.25, -0.2) is 9.67 Å². The Bertz CT molecular complexity index is 1120. The fraction of sp³-hybridized carbons (Fsp3) is 0. The minimum absolute atomic E-state index is 0.623. The second-order valence-electron chi connectivity index (χ2n) is 5.53. The predicted molar refractivity (Wildman–Crippen MR) is 93.0 cm³/mol. The number of hydrogen-bond acceptors (Lipinski definition) is 6. The molecular formula is C18H11N7. The van der Waals surface area contributed by atoms with Crippen molar-refractivity contribution >= 4 is 22.1 Å². The molecule has 0 aliphatic heterocycles. The van der Waals surface area contributed by atoms with Gasteiger partial charge in [0, 0.05) is 18.0 Å². The summed E-state index contributed by atoms with van der Waals surface area (Å²) in [5, 5.41) is 8.42. The molecule has 25 heavy (non-hydrogen) atoms. The first-order valence-corrected chi connectivity index (χ1v) is 7.72. The quantitative estimate of drug-likeness (QED) is 0.496. The van der Waals surface area contributed by atoms with Crippen LogP contribution in [-0.2, 0) is 0 Å². The van der Waals surface area contributed by atoms with Crippen LogP contribution in [0.2, 0.25) is 0 Å². The summed E-state index contributed by atoms with van der Waals surface area (Å²) >= 11 is 0. The fourth-order valence-electron chi connectivity index (χ4n) is 2.69. The first-order chi connectivity index (χ1) is 12.4. The van der Waals surface area contributed by atoms with E-state index in [4.69, 9.17) is 0 Å². The van der Waals surface area contributed by atoms with Gasteiger partial charge in [0.15, 0.2) is 5.82 Å². The van der Waals surface area contributed by atoms with Gasteiger partial charge in [0.2, 0.25) is 0 Å². The van der Waals surface area contributed by atoms with Gasteiger partial charge in [0.1, 0.15) is 5.69 Å². The lowest BCUT2D eigenvalue weighted by atomic mass is 10.1. The van der Waals surface area contributed by atoms with E-state index in [0.29, 0.717) is 5.82 Å². The second kappa shape index (κ2) is 5.41.